The summed E-state index contributed by atoms with van der Waals surface area (Å²) in [7, 11) is 1.91. The van der Waals surface area contributed by atoms with Crippen molar-refractivity contribution in [1.82, 2.24) is 4.90 Å². The number of hydrogen-bond acceptors (Lipinski definition) is 5. The van der Waals surface area contributed by atoms with Crippen molar-refractivity contribution in [2.75, 3.05) is 13.7 Å². The SMILES string of the molecule is CN(Cc1cc(C(C)(C)C)ccc1OCC(=O)O)[C@@H]1CCC[C@@H](O)[C@@H]1O. The van der Waals surface area contributed by atoms with Crippen molar-refractivity contribution in [1.29, 1.82) is 0 Å². The van der Waals surface area contributed by atoms with Gasteiger partial charge in [-0.05, 0) is 43.4 Å². The van der Waals surface area contributed by atoms with Crippen molar-refractivity contribution in [2.24, 2.45) is 0 Å². The fourth-order valence-corrected chi connectivity index (χ4v) is 3.45. The van der Waals surface area contributed by atoms with Gasteiger partial charge in [0.2, 0.25) is 0 Å². The first kappa shape index (κ1) is 20.7. The first-order chi connectivity index (χ1) is 12.1. The number of hydrogen-bond donors (Lipinski definition) is 3. The molecule has 0 saturated heterocycles. The lowest BCUT2D eigenvalue weighted by molar-refractivity contribution is -0.139. The molecule has 6 nitrogen and oxygen atoms in total. The molecule has 1 saturated carbocycles. The average Bonchev–Trinajstić information content (AvgIpc) is 2.55. The van der Waals surface area contributed by atoms with Gasteiger partial charge in [0, 0.05) is 18.2 Å². The van der Waals surface area contributed by atoms with Gasteiger partial charge in [0.05, 0.1) is 12.2 Å². The van der Waals surface area contributed by atoms with Gasteiger partial charge in [0.15, 0.2) is 6.61 Å². The summed E-state index contributed by atoms with van der Waals surface area (Å²) in [5.41, 5.74) is 1.97. The van der Waals surface area contributed by atoms with Crippen molar-refractivity contribution >= 4 is 5.97 Å². The minimum Gasteiger partial charge on any atom is -0.482 e. The minimum atomic E-state index is -1.02. The molecule has 1 aromatic carbocycles. The molecule has 146 valence electrons. The number of carboxylic acid groups (broad SMARTS) is 1. The molecule has 0 unspecified atom stereocenters. The Kier molecular flexibility index (Phi) is 6.66. The summed E-state index contributed by atoms with van der Waals surface area (Å²) in [6.07, 6.45) is 0.844. The van der Waals surface area contributed by atoms with Gasteiger partial charge in [-0.25, -0.2) is 4.79 Å². The number of likely N-dealkylation sites (N-methyl/N-ethyl adjacent to an activating group) is 1. The zero-order valence-corrected chi connectivity index (χ0v) is 16.1. The van der Waals surface area contributed by atoms with Crippen LogP contribution in [-0.2, 0) is 16.8 Å². The third-order valence-corrected chi connectivity index (χ3v) is 5.05. The second-order valence-electron chi connectivity index (χ2n) is 8.23. The molecule has 0 aliphatic heterocycles. The van der Waals surface area contributed by atoms with E-state index in [1.165, 1.54) is 0 Å². The summed E-state index contributed by atoms with van der Waals surface area (Å²) in [5, 5.41) is 29.2. The monoisotopic (exact) mass is 365 g/mol. The van der Waals surface area contributed by atoms with Gasteiger partial charge < -0.3 is 20.1 Å². The van der Waals surface area contributed by atoms with Crippen molar-refractivity contribution < 1.29 is 24.9 Å². The Bertz CT molecular complexity index is 625. The number of ether oxygens (including phenoxy) is 1. The van der Waals surface area contributed by atoms with Crippen LogP contribution < -0.4 is 4.74 Å². The van der Waals surface area contributed by atoms with Crippen molar-refractivity contribution in [3.8, 4) is 5.75 Å². The molecule has 0 amide bonds. The Morgan fingerprint density at radius 2 is 1.96 bits per heavy atom. The van der Waals surface area contributed by atoms with Crippen LogP contribution >= 0.6 is 0 Å². The van der Waals surface area contributed by atoms with E-state index in [0.29, 0.717) is 18.7 Å². The first-order valence-corrected chi connectivity index (χ1v) is 9.14. The van der Waals surface area contributed by atoms with Crippen LogP contribution in [0.15, 0.2) is 18.2 Å². The summed E-state index contributed by atoms with van der Waals surface area (Å²) in [5.74, 6) is -0.479. The zero-order valence-electron chi connectivity index (χ0n) is 16.1. The summed E-state index contributed by atoms with van der Waals surface area (Å²) in [4.78, 5) is 12.9. The molecular weight excluding hydrogens is 334 g/mol. The molecule has 1 aliphatic carbocycles. The summed E-state index contributed by atoms with van der Waals surface area (Å²) in [6, 6.07) is 5.68. The van der Waals surface area contributed by atoms with E-state index in [2.05, 4.69) is 20.8 Å². The highest BCUT2D eigenvalue weighted by atomic mass is 16.5. The molecular formula is C20H31NO5. The lowest BCUT2D eigenvalue weighted by Gasteiger charge is -2.38. The number of benzene rings is 1. The van der Waals surface area contributed by atoms with E-state index in [9.17, 15) is 15.0 Å². The molecule has 0 radical (unpaired) electrons. The Balaban J connectivity index is 2.24. The van der Waals surface area contributed by atoms with Crippen LogP contribution in [0.5, 0.6) is 5.75 Å². The molecule has 2 rings (SSSR count). The number of aliphatic hydroxyl groups is 2. The molecule has 1 aliphatic rings. The second-order valence-corrected chi connectivity index (χ2v) is 8.23. The number of aliphatic carboxylic acids is 1. The molecule has 0 aromatic heterocycles. The number of nitrogens with zero attached hydrogens (tertiary/aromatic N) is 1. The Morgan fingerprint density at radius 1 is 1.27 bits per heavy atom. The van der Waals surface area contributed by atoms with Crippen LogP contribution in [-0.4, -0.2) is 58.1 Å². The van der Waals surface area contributed by atoms with Crippen LogP contribution in [0.1, 0.15) is 51.2 Å². The van der Waals surface area contributed by atoms with Crippen LogP contribution in [0.25, 0.3) is 0 Å². The fraction of sp³-hybridized carbons (Fsp3) is 0.650. The lowest BCUT2D eigenvalue weighted by atomic mass is 9.85. The molecule has 3 N–H and O–H groups in total. The first-order valence-electron chi connectivity index (χ1n) is 9.14. The predicted molar refractivity (Wildman–Crippen MR) is 99.4 cm³/mol. The van der Waals surface area contributed by atoms with E-state index in [4.69, 9.17) is 9.84 Å². The van der Waals surface area contributed by atoms with Crippen molar-refractivity contribution in [3.05, 3.63) is 29.3 Å². The van der Waals surface area contributed by atoms with Gasteiger partial charge >= 0.3 is 5.97 Å². The van der Waals surface area contributed by atoms with Crippen LogP contribution in [0, 0.1) is 0 Å². The third-order valence-electron chi connectivity index (χ3n) is 5.05. The zero-order chi connectivity index (χ0) is 19.5. The van der Waals surface area contributed by atoms with Gasteiger partial charge in [0.1, 0.15) is 5.75 Å². The maximum absolute atomic E-state index is 10.9. The molecule has 1 fully saturated rings. The van der Waals surface area contributed by atoms with Crippen LogP contribution in [0.4, 0.5) is 0 Å². The Labute approximate surface area is 155 Å². The summed E-state index contributed by atoms with van der Waals surface area (Å²) < 4.78 is 5.46. The predicted octanol–water partition coefficient (Wildman–Crippen LogP) is 2.15. The highest BCUT2D eigenvalue weighted by Crippen LogP contribution is 2.31. The van der Waals surface area contributed by atoms with Gasteiger partial charge in [-0.3, -0.25) is 4.90 Å². The van der Waals surface area contributed by atoms with E-state index < -0.39 is 24.8 Å². The molecule has 1 aromatic rings. The quantitative estimate of drug-likeness (QED) is 0.716. The third kappa shape index (κ3) is 5.19. The Morgan fingerprint density at radius 3 is 2.58 bits per heavy atom. The lowest BCUT2D eigenvalue weighted by Crippen LogP contribution is -2.49. The smallest absolute Gasteiger partial charge is 0.341 e. The van der Waals surface area contributed by atoms with Gasteiger partial charge in [-0.2, -0.15) is 0 Å². The molecule has 0 bridgehead atoms. The topological polar surface area (TPSA) is 90.2 Å². The maximum Gasteiger partial charge on any atom is 0.341 e. The van der Waals surface area contributed by atoms with E-state index in [-0.39, 0.29) is 11.5 Å². The van der Waals surface area contributed by atoms with E-state index in [1.54, 1.807) is 0 Å². The van der Waals surface area contributed by atoms with Gasteiger partial charge in [-0.1, -0.05) is 32.9 Å². The van der Waals surface area contributed by atoms with Crippen molar-refractivity contribution in [2.45, 2.75) is 70.2 Å². The number of aliphatic hydroxyl groups excluding tert-OH is 2. The highest BCUT2D eigenvalue weighted by molar-refractivity contribution is 5.68. The molecule has 26 heavy (non-hydrogen) atoms. The van der Waals surface area contributed by atoms with E-state index >= 15 is 0 Å². The largest absolute Gasteiger partial charge is 0.482 e. The number of carboxylic acids is 1. The van der Waals surface area contributed by atoms with E-state index in [0.717, 1.165) is 24.0 Å². The average molecular weight is 365 g/mol. The summed E-state index contributed by atoms with van der Waals surface area (Å²) in [6.45, 7) is 6.47. The molecule has 0 heterocycles. The molecule has 3 atom stereocenters. The number of carbonyl (C=O) groups is 1. The number of rotatable bonds is 6. The van der Waals surface area contributed by atoms with Crippen molar-refractivity contribution in [3.63, 3.8) is 0 Å². The van der Waals surface area contributed by atoms with Crippen LogP contribution in [0.3, 0.4) is 0 Å². The van der Waals surface area contributed by atoms with Crippen LogP contribution in [0.2, 0.25) is 0 Å². The standard InChI is InChI=1S/C20H31NO5/c1-20(2,3)14-8-9-17(26-12-18(23)24)13(10-14)11-21(4)15-6-5-7-16(22)19(15)25/h8-10,15-16,19,22,25H,5-7,11-12H2,1-4H3,(H,23,24)/t15-,16-,19-/m1/s1. The minimum absolute atomic E-state index is 0.0425. The Hall–Kier alpha value is -1.63. The fourth-order valence-electron chi connectivity index (χ4n) is 3.45. The normalized spacial score (nSPS) is 23.9. The highest BCUT2D eigenvalue weighted by Gasteiger charge is 2.33. The molecule has 6 heteroatoms. The maximum atomic E-state index is 10.9. The van der Waals surface area contributed by atoms with E-state index in [1.807, 2.05) is 30.1 Å². The second kappa shape index (κ2) is 8.37. The van der Waals surface area contributed by atoms with Gasteiger partial charge in [0.25, 0.3) is 0 Å². The van der Waals surface area contributed by atoms with Gasteiger partial charge in [-0.15, -0.1) is 0 Å². The molecule has 0 spiro atoms. The summed E-state index contributed by atoms with van der Waals surface area (Å²) >= 11 is 0.